The molecule has 0 unspecified atom stereocenters. The van der Waals surface area contributed by atoms with Crippen molar-refractivity contribution in [1.29, 1.82) is 0 Å². The van der Waals surface area contributed by atoms with Gasteiger partial charge in [-0.1, -0.05) is 48.5 Å². The van der Waals surface area contributed by atoms with E-state index in [-0.39, 0.29) is 38.1 Å². The molecule has 41 heavy (non-hydrogen) atoms. The van der Waals surface area contributed by atoms with Crippen molar-refractivity contribution in [1.82, 2.24) is 0 Å². The molecule has 4 atom stereocenters. The number of benzene rings is 2. The van der Waals surface area contributed by atoms with Gasteiger partial charge in [0, 0.05) is 13.0 Å². The third kappa shape index (κ3) is 5.83. The summed E-state index contributed by atoms with van der Waals surface area (Å²) in [6.45, 7) is -0.381. The van der Waals surface area contributed by atoms with E-state index in [4.69, 9.17) is 9.15 Å². The van der Waals surface area contributed by atoms with Gasteiger partial charge in [-0.15, -0.1) is 0 Å². The molecule has 2 aromatic carbocycles. The summed E-state index contributed by atoms with van der Waals surface area (Å²) in [5.41, 5.74) is 3.72. The van der Waals surface area contributed by atoms with Gasteiger partial charge in [0.2, 0.25) is 11.8 Å². The summed E-state index contributed by atoms with van der Waals surface area (Å²) in [5, 5.41) is 31.6. The number of hydrogen-bond acceptors (Lipinski definition) is 7. The van der Waals surface area contributed by atoms with Crippen LogP contribution in [0.4, 0.5) is 5.69 Å². The van der Waals surface area contributed by atoms with E-state index in [1.54, 1.807) is 43.5 Å². The summed E-state index contributed by atoms with van der Waals surface area (Å²) in [7, 11) is 1.55. The molecule has 5 rings (SSSR count). The van der Waals surface area contributed by atoms with Crippen molar-refractivity contribution in [3.05, 3.63) is 101 Å². The van der Waals surface area contributed by atoms with Crippen molar-refractivity contribution in [2.75, 3.05) is 25.2 Å². The third-order valence-corrected chi connectivity index (χ3v) is 8.06. The number of anilines is 1. The molecule has 8 heteroatoms. The van der Waals surface area contributed by atoms with Gasteiger partial charge in [-0.2, -0.15) is 0 Å². The van der Waals surface area contributed by atoms with Gasteiger partial charge in [-0.05, 0) is 71.9 Å². The molecule has 2 amide bonds. The molecule has 214 valence electrons. The number of aliphatic hydroxyl groups excluding tert-OH is 3. The molecule has 2 aliphatic rings. The molecule has 1 aromatic heterocycles. The molecule has 1 fully saturated rings. The Hall–Kier alpha value is -3.82. The summed E-state index contributed by atoms with van der Waals surface area (Å²) in [4.78, 5) is 28.3. The molecule has 1 aliphatic carbocycles. The Labute approximate surface area is 239 Å². The Kier molecular flexibility index (Phi) is 8.95. The summed E-state index contributed by atoms with van der Waals surface area (Å²) in [6.07, 6.45) is 1.99. The monoisotopic (exact) mass is 557 g/mol. The van der Waals surface area contributed by atoms with E-state index >= 15 is 0 Å². The lowest BCUT2D eigenvalue weighted by Crippen LogP contribution is -2.39. The number of carbonyl (C=O) groups excluding carboxylic acids is 2. The second-order valence-corrected chi connectivity index (χ2v) is 10.5. The minimum atomic E-state index is -0.969. The Bertz CT molecular complexity index is 1430. The van der Waals surface area contributed by atoms with Gasteiger partial charge in [-0.3, -0.25) is 14.5 Å². The summed E-state index contributed by atoms with van der Waals surface area (Å²) in [6, 6.07) is 22.1. The van der Waals surface area contributed by atoms with Gasteiger partial charge in [0.15, 0.2) is 0 Å². The van der Waals surface area contributed by atoms with Crippen LogP contribution >= 0.6 is 0 Å². The lowest BCUT2D eigenvalue weighted by molar-refractivity contribution is -0.123. The standard InChI is InChI=1S/C33H35NO7/c1-40-20-23-17-27-31(33(39)34(32(27)38)24-10-6-3-7-11-24)28(19-36)30(23)29(37)15-12-22(21-8-4-2-5-9-21)16-25-13-14-26(18-35)41-25/h2-11,13-14,16,27-29,31,35-37H,12,15,17-20H2,1H3/b22-16-/t27-,28+,29-,31-/m1/s1. The van der Waals surface area contributed by atoms with Crippen molar-refractivity contribution in [3.8, 4) is 0 Å². The highest BCUT2D eigenvalue weighted by Crippen LogP contribution is 2.47. The van der Waals surface area contributed by atoms with Gasteiger partial charge >= 0.3 is 0 Å². The lowest BCUT2D eigenvalue weighted by atomic mass is 9.68. The molecule has 1 saturated heterocycles. The van der Waals surface area contributed by atoms with E-state index < -0.39 is 23.9 Å². The highest BCUT2D eigenvalue weighted by molar-refractivity contribution is 6.22. The predicted octanol–water partition coefficient (Wildman–Crippen LogP) is 4.21. The fourth-order valence-corrected chi connectivity index (χ4v) is 6.23. The predicted molar refractivity (Wildman–Crippen MR) is 154 cm³/mol. The molecule has 0 bridgehead atoms. The summed E-state index contributed by atoms with van der Waals surface area (Å²) in [5.74, 6) is -1.69. The fraction of sp³-hybridized carbons (Fsp3) is 0.333. The average Bonchev–Trinajstić information content (AvgIpc) is 3.56. The van der Waals surface area contributed by atoms with Gasteiger partial charge in [0.25, 0.3) is 0 Å². The maximum absolute atomic E-state index is 13.7. The van der Waals surface area contributed by atoms with Crippen molar-refractivity contribution in [2.24, 2.45) is 17.8 Å². The van der Waals surface area contributed by atoms with Crippen LogP contribution in [0.25, 0.3) is 11.6 Å². The van der Waals surface area contributed by atoms with Crippen LogP contribution in [0, 0.1) is 17.8 Å². The molecule has 0 radical (unpaired) electrons. The summed E-state index contributed by atoms with van der Waals surface area (Å²) < 4.78 is 11.1. The van der Waals surface area contributed by atoms with Crippen LogP contribution in [0.5, 0.6) is 0 Å². The van der Waals surface area contributed by atoms with Crippen LogP contribution in [0.1, 0.15) is 36.3 Å². The first kappa shape index (κ1) is 28.7. The Balaban J connectivity index is 1.43. The molecule has 1 aliphatic heterocycles. The van der Waals surface area contributed by atoms with E-state index in [0.717, 1.165) is 16.7 Å². The quantitative estimate of drug-likeness (QED) is 0.239. The molecule has 2 heterocycles. The van der Waals surface area contributed by atoms with Crippen LogP contribution < -0.4 is 4.90 Å². The van der Waals surface area contributed by atoms with Gasteiger partial charge in [0.05, 0.1) is 36.8 Å². The molecule has 0 saturated carbocycles. The minimum Gasteiger partial charge on any atom is -0.459 e. The third-order valence-electron chi connectivity index (χ3n) is 8.06. The van der Waals surface area contributed by atoms with Crippen molar-refractivity contribution in [2.45, 2.75) is 32.0 Å². The molecular formula is C33H35NO7. The number of amides is 2. The SMILES string of the molecule is COCC1=C([C@H](O)CC/C(=C/c2ccc(CO)o2)c2ccccc2)[C@H](CO)[C@@H]2C(=O)N(c3ccccc3)C(=O)[C@@H]2C1. The normalized spacial score (nSPS) is 21.9. The van der Waals surface area contributed by atoms with E-state index in [1.165, 1.54) is 4.90 Å². The van der Waals surface area contributed by atoms with Crippen LogP contribution in [-0.4, -0.2) is 53.6 Å². The number of rotatable bonds is 11. The highest BCUT2D eigenvalue weighted by atomic mass is 16.5. The number of methoxy groups -OCH3 is 1. The first-order chi connectivity index (χ1) is 20.0. The van der Waals surface area contributed by atoms with Crippen molar-refractivity contribution >= 4 is 29.2 Å². The maximum Gasteiger partial charge on any atom is 0.238 e. The second kappa shape index (κ2) is 12.8. The number of fused-ring (bicyclic) bond motifs is 1. The van der Waals surface area contributed by atoms with Crippen LogP contribution in [0.15, 0.2) is 88.4 Å². The fourth-order valence-electron chi connectivity index (χ4n) is 6.23. The first-order valence-electron chi connectivity index (χ1n) is 13.8. The molecule has 3 aromatic rings. The second-order valence-electron chi connectivity index (χ2n) is 10.5. The highest BCUT2D eigenvalue weighted by Gasteiger charge is 2.55. The topological polar surface area (TPSA) is 120 Å². The van der Waals surface area contributed by atoms with Gasteiger partial charge in [0.1, 0.15) is 18.1 Å². The average molecular weight is 558 g/mol. The van der Waals surface area contributed by atoms with Crippen LogP contribution in [-0.2, 0) is 20.9 Å². The zero-order chi connectivity index (χ0) is 28.9. The maximum atomic E-state index is 13.7. The van der Waals surface area contributed by atoms with E-state index in [0.29, 0.717) is 35.6 Å². The van der Waals surface area contributed by atoms with Gasteiger partial charge in [-0.25, -0.2) is 0 Å². The Morgan fingerprint density at radius 3 is 2.37 bits per heavy atom. The molecule has 3 N–H and O–H groups in total. The number of para-hydroxylation sites is 1. The summed E-state index contributed by atoms with van der Waals surface area (Å²) >= 11 is 0. The van der Waals surface area contributed by atoms with Crippen molar-refractivity contribution < 1.29 is 34.1 Å². The van der Waals surface area contributed by atoms with Crippen molar-refractivity contribution in [3.63, 3.8) is 0 Å². The Morgan fingerprint density at radius 2 is 1.73 bits per heavy atom. The van der Waals surface area contributed by atoms with E-state index in [2.05, 4.69) is 0 Å². The number of carbonyl (C=O) groups is 2. The zero-order valence-corrected chi connectivity index (χ0v) is 23.0. The number of nitrogens with zero attached hydrogens (tertiary/aromatic N) is 1. The number of hydrogen-bond donors (Lipinski definition) is 3. The smallest absolute Gasteiger partial charge is 0.238 e. The molecular weight excluding hydrogens is 522 g/mol. The number of imide groups is 1. The number of ether oxygens (including phenoxy) is 1. The number of aliphatic hydroxyl groups is 3. The number of furan rings is 1. The van der Waals surface area contributed by atoms with Crippen LogP contribution in [0.2, 0.25) is 0 Å². The van der Waals surface area contributed by atoms with E-state index in [1.807, 2.05) is 42.5 Å². The molecule has 8 nitrogen and oxygen atoms in total. The zero-order valence-electron chi connectivity index (χ0n) is 23.0. The first-order valence-corrected chi connectivity index (χ1v) is 13.8. The largest absolute Gasteiger partial charge is 0.459 e. The molecule has 0 spiro atoms. The Morgan fingerprint density at radius 1 is 1.02 bits per heavy atom. The van der Waals surface area contributed by atoms with Gasteiger partial charge < -0.3 is 24.5 Å². The number of allylic oxidation sites excluding steroid dienone is 1. The van der Waals surface area contributed by atoms with Crippen LogP contribution in [0.3, 0.4) is 0 Å². The minimum absolute atomic E-state index is 0.191. The lowest BCUT2D eigenvalue weighted by Gasteiger charge is -2.36. The van der Waals surface area contributed by atoms with E-state index in [9.17, 15) is 24.9 Å².